The van der Waals surface area contributed by atoms with Gasteiger partial charge in [-0.05, 0) is 24.7 Å². The first kappa shape index (κ1) is 13.9. The number of likely N-dealkylation sites (N-methyl/N-ethyl adjacent to an activating group) is 1. The average Bonchev–Trinajstić information content (AvgIpc) is 2.83. The van der Waals surface area contributed by atoms with E-state index in [0.29, 0.717) is 24.0 Å². The van der Waals surface area contributed by atoms with Gasteiger partial charge in [0.25, 0.3) is 5.91 Å². The highest BCUT2D eigenvalue weighted by molar-refractivity contribution is 8.02. The van der Waals surface area contributed by atoms with Gasteiger partial charge in [0.15, 0.2) is 5.82 Å². The number of carbonyl (C=O) groups excluding carboxylic acids is 1. The SMILES string of the molecule is CCNC(=O)C1=C(SCc2noc(C)n2)CCC=C1. The van der Waals surface area contributed by atoms with Crippen molar-refractivity contribution in [1.29, 1.82) is 0 Å². The normalized spacial score (nSPS) is 14.8. The summed E-state index contributed by atoms with van der Waals surface area (Å²) in [5.41, 5.74) is 0.762. The molecule has 102 valence electrons. The second-order valence-electron chi connectivity index (χ2n) is 4.16. The Labute approximate surface area is 116 Å². The second kappa shape index (κ2) is 6.56. The average molecular weight is 279 g/mol. The number of nitrogens with one attached hydrogen (secondary N) is 1. The largest absolute Gasteiger partial charge is 0.352 e. The van der Waals surface area contributed by atoms with Crippen LogP contribution in [0.4, 0.5) is 0 Å². The van der Waals surface area contributed by atoms with Gasteiger partial charge in [-0.15, -0.1) is 11.8 Å². The maximum atomic E-state index is 11.9. The second-order valence-corrected chi connectivity index (χ2v) is 5.23. The molecule has 1 N–H and O–H groups in total. The lowest BCUT2D eigenvalue weighted by molar-refractivity contribution is -0.117. The zero-order valence-electron chi connectivity index (χ0n) is 11.1. The molecule has 2 rings (SSSR count). The van der Waals surface area contributed by atoms with E-state index in [2.05, 4.69) is 15.5 Å². The molecule has 0 aliphatic heterocycles. The summed E-state index contributed by atoms with van der Waals surface area (Å²) in [6.07, 6.45) is 5.80. The van der Waals surface area contributed by atoms with Crippen LogP contribution in [0.3, 0.4) is 0 Å². The zero-order valence-corrected chi connectivity index (χ0v) is 11.9. The Balaban J connectivity index is 2.06. The maximum Gasteiger partial charge on any atom is 0.252 e. The lowest BCUT2D eigenvalue weighted by Gasteiger charge is -2.14. The number of allylic oxidation sites excluding steroid dienone is 2. The molecule has 0 saturated heterocycles. The van der Waals surface area contributed by atoms with E-state index in [1.54, 1.807) is 18.7 Å². The van der Waals surface area contributed by atoms with Crippen molar-refractivity contribution < 1.29 is 9.32 Å². The van der Waals surface area contributed by atoms with E-state index < -0.39 is 0 Å². The summed E-state index contributed by atoms with van der Waals surface area (Å²) in [7, 11) is 0. The fraction of sp³-hybridized carbons (Fsp3) is 0.462. The lowest BCUT2D eigenvalue weighted by atomic mass is 10.1. The summed E-state index contributed by atoms with van der Waals surface area (Å²) in [5, 5.41) is 6.69. The van der Waals surface area contributed by atoms with Crippen LogP contribution in [-0.2, 0) is 10.5 Å². The van der Waals surface area contributed by atoms with Gasteiger partial charge in [0.05, 0.1) is 5.75 Å². The summed E-state index contributed by atoms with van der Waals surface area (Å²) in [5.74, 6) is 1.85. The molecule has 6 heteroatoms. The van der Waals surface area contributed by atoms with Gasteiger partial charge in [-0.25, -0.2) is 0 Å². The van der Waals surface area contributed by atoms with Crippen LogP contribution < -0.4 is 5.32 Å². The van der Waals surface area contributed by atoms with Gasteiger partial charge in [0.2, 0.25) is 5.89 Å². The number of carbonyl (C=O) groups is 1. The fourth-order valence-corrected chi connectivity index (χ4v) is 2.80. The number of amides is 1. The Hall–Kier alpha value is -1.56. The number of rotatable bonds is 5. The number of aryl methyl sites for hydroxylation is 1. The molecule has 1 amide bonds. The quantitative estimate of drug-likeness (QED) is 0.896. The third-order valence-electron chi connectivity index (χ3n) is 2.65. The van der Waals surface area contributed by atoms with Crippen LogP contribution in [0, 0.1) is 6.92 Å². The molecule has 0 fully saturated rings. The van der Waals surface area contributed by atoms with E-state index in [1.807, 2.05) is 19.1 Å². The standard InChI is InChI=1S/C13H17N3O2S/c1-3-14-13(17)10-6-4-5-7-11(10)19-8-12-15-9(2)18-16-12/h4,6H,3,5,7-8H2,1-2H3,(H,14,17). The molecule has 0 saturated carbocycles. The molecule has 1 aromatic heterocycles. The third-order valence-corrected chi connectivity index (χ3v) is 3.83. The van der Waals surface area contributed by atoms with Gasteiger partial charge < -0.3 is 9.84 Å². The Morgan fingerprint density at radius 1 is 1.58 bits per heavy atom. The highest BCUT2D eigenvalue weighted by atomic mass is 32.2. The van der Waals surface area contributed by atoms with E-state index in [1.165, 1.54) is 0 Å². The first-order valence-corrected chi connectivity index (χ1v) is 7.29. The van der Waals surface area contributed by atoms with Gasteiger partial charge in [-0.2, -0.15) is 4.98 Å². The van der Waals surface area contributed by atoms with Crippen molar-refractivity contribution in [3.8, 4) is 0 Å². The predicted octanol–water partition coefficient (Wildman–Crippen LogP) is 2.35. The minimum absolute atomic E-state index is 0.00903. The molecule has 1 heterocycles. The predicted molar refractivity (Wildman–Crippen MR) is 74.4 cm³/mol. The van der Waals surface area contributed by atoms with Crippen molar-refractivity contribution in [3.63, 3.8) is 0 Å². The summed E-state index contributed by atoms with van der Waals surface area (Å²) in [6.45, 7) is 4.32. The van der Waals surface area contributed by atoms with Gasteiger partial charge >= 0.3 is 0 Å². The highest BCUT2D eigenvalue weighted by Crippen LogP contribution is 2.31. The number of hydrogen-bond acceptors (Lipinski definition) is 5. The molecule has 0 spiro atoms. The maximum absolute atomic E-state index is 11.9. The molecule has 0 unspecified atom stereocenters. The molecule has 1 aliphatic rings. The Bertz CT molecular complexity index is 520. The molecule has 0 aromatic carbocycles. The van der Waals surface area contributed by atoms with Crippen LogP contribution in [0.25, 0.3) is 0 Å². The van der Waals surface area contributed by atoms with Crippen LogP contribution in [-0.4, -0.2) is 22.6 Å². The van der Waals surface area contributed by atoms with Crippen molar-refractivity contribution >= 4 is 17.7 Å². The molecule has 19 heavy (non-hydrogen) atoms. The number of hydrogen-bond donors (Lipinski definition) is 1. The van der Waals surface area contributed by atoms with Crippen molar-refractivity contribution in [2.24, 2.45) is 0 Å². The van der Waals surface area contributed by atoms with E-state index in [9.17, 15) is 4.79 Å². The summed E-state index contributed by atoms with van der Waals surface area (Å²) >= 11 is 1.61. The number of aromatic nitrogens is 2. The molecule has 0 bridgehead atoms. The van der Waals surface area contributed by atoms with Gasteiger partial charge in [0.1, 0.15) is 0 Å². The van der Waals surface area contributed by atoms with Gasteiger partial charge in [-0.3, -0.25) is 4.79 Å². The fourth-order valence-electron chi connectivity index (χ4n) is 1.80. The molecule has 0 atom stereocenters. The van der Waals surface area contributed by atoms with E-state index >= 15 is 0 Å². The van der Waals surface area contributed by atoms with E-state index in [-0.39, 0.29) is 5.91 Å². The molecule has 0 radical (unpaired) electrons. The number of thioether (sulfide) groups is 1. The van der Waals surface area contributed by atoms with Gasteiger partial charge in [0, 0.05) is 19.0 Å². The Morgan fingerprint density at radius 3 is 3.11 bits per heavy atom. The van der Waals surface area contributed by atoms with Crippen molar-refractivity contribution in [2.75, 3.05) is 6.54 Å². The zero-order chi connectivity index (χ0) is 13.7. The smallest absolute Gasteiger partial charge is 0.252 e. The van der Waals surface area contributed by atoms with E-state index in [0.717, 1.165) is 23.3 Å². The van der Waals surface area contributed by atoms with Crippen molar-refractivity contribution in [2.45, 2.75) is 32.4 Å². The summed E-state index contributed by atoms with van der Waals surface area (Å²) < 4.78 is 4.93. The molecule has 5 nitrogen and oxygen atoms in total. The first-order chi connectivity index (χ1) is 9.20. The van der Waals surface area contributed by atoms with Crippen LogP contribution >= 0.6 is 11.8 Å². The number of nitrogens with zero attached hydrogens (tertiary/aromatic N) is 2. The topological polar surface area (TPSA) is 68.0 Å². The minimum Gasteiger partial charge on any atom is -0.352 e. The molecular weight excluding hydrogens is 262 g/mol. The molecule has 1 aromatic rings. The minimum atomic E-state index is -0.00903. The Morgan fingerprint density at radius 2 is 2.42 bits per heavy atom. The Kier molecular flexibility index (Phi) is 4.79. The van der Waals surface area contributed by atoms with Crippen LogP contribution in [0.5, 0.6) is 0 Å². The lowest BCUT2D eigenvalue weighted by Crippen LogP contribution is -2.25. The van der Waals surface area contributed by atoms with Crippen LogP contribution in [0.15, 0.2) is 27.2 Å². The van der Waals surface area contributed by atoms with E-state index in [4.69, 9.17) is 4.52 Å². The first-order valence-electron chi connectivity index (χ1n) is 6.30. The third kappa shape index (κ3) is 3.70. The summed E-state index contributed by atoms with van der Waals surface area (Å²) in [4.78, 5) is 17.2. The molecular formula is C13H17N3O2S. The molecule has 1 aliphatic carbocycles. The highest BCUT2D eigenvalue weighted by Gasteiger charge is 2.16. The monoisotopic (exact) mass is 279 g/mol. The van der Waals surface area contributed by atoms with Gasteiger partial charge in [-0.1, -0.05) is 17.3 Å². The van der Waals surface area contributed by atoms with Crippen molar-refractivity contribution in [3.05, 3.63) is 34.3 Å². The van der Waals surface area contributed by atoms with Crippen LogP contribution in [0.1, 0.15) is 31.5 Å². The summed E-state index contributed by atoms with van der Waals surface area (Å²) in [6, 6.07) is 0. The van der Waals surface area contributed by atoms with Crippen molar-refractivity contribution in [1.82, 2.24) is 15.5 Å². The van der Waals surface area contributed by atoms with Crippen LogP contribution in [0.2, 0.25) is 0 Å².